The number of nitrogens with one attached hydrogen (secondary N) is 1. The van der Waals surface area contributed by atoms with E-state index in [1.807, 2.05) is 25.1 Å². The van der Waals surface area contributed by atoms with Crippen LogP contribution in [0.15, 0.2) is 50.5 Å². The minimum Gasteiger partial charge on any atom is -0.508 e. The second-order valence-electron chi connectivity index (χ2n) is 5.72. The predicted octanol–water partition coefficient (Wildman–Crippen LogP) is 5.38. The van der Waals surface area contributed by atoms with Gasteiger partial charge in [0, 0.05) is 25.8 Å². The smallest absolute Gasteiger partial charge is 0.247 e. The van der Waals surface area contributed by atoms with Gasteiger partial charge in [-0.1, -0.05) is 50.5 Å². The molecule has 6 nitrogen and oxygen atoms in total. The van der Waals surface area contributed by atoms with Gasteiger partial charge in [0.15, 0.2) is 11.9 Å². The molecule has 0 unspecified atom stereocenters. The first-order valence-electron chi connectivity index (χ1n) is 8.14. The van der Waals surface area contributed by atoms with E-state index in [1.165, 1.54) is 11.8 Å². The molecule has 2 heterocycles. The Kier molecular flexibility index (Phi) is 5.25. The van der Waals surface area contributed by atoms with Crippen molar-refractivity contribution in [3.05, 3.63) is 50.9 Å². The summed E-state index contributed by atoms with van der Waals surface area (Å²) in [6.45, 7) is 2.03. The van der Waals surface area contributed by atoms with Crippen LogP contribution in [-0.2, 0) is 0 Å². The molecular formula is C18H14Br2N4O2S. The number of nitrogens with zero attached hydrogens (tertiary/aromatic N) is 3. The fraction of sp³-hybridized carbons (Fsp3) is 0.167. The van der Waals surface area contributed by atoms with E-state index in [0.717, 1.165) is 31.5 Å². The third kappa shape index (κ3) is 3.76. The van der Waals surface area contributed by atoms with Crippen LogP contribution in [0.2, 0.25) is 0 Å². The average molecular weight is 510 g/mol. The third-order valence-electron chi connectivity index (χ3n) is 3.92. The number of halogens is 2. The quantitative estimate of drug-likeness (QED) is 0.458. The number of hydrogen-bond acceptors (Lipinski definition) is 7. The Balaban J connectivity index is 1.88. The normalized spacial score (nSPS) is 15.1. The topological polar surface area (TPSA) is 80.2 Å². The minimum atomic E-state index is -0.566. The number of fused-ring (bicyclic) bond motifs is 3. The minimum absolute atomic E-state index is 0.155. The number of anilines is 1. The zero-order valence-electron chi connectivity index (χ0n) is 14.1. The van der Waals surface area contributed by atoms with E-state index in [1.54, 1.807) is 18.2 Å². The third-order valence-corrected chi connectivity index (χ3v) is 5.86. The molecule has 1 aliphatic heterocycles. The summed E-state index contributed by atoms with van der Waals surface area (Å²) in [5.41, 5.74) is 2.99. The summed E-state index contributed by atoms with van der Waals surface area (Å²) in [6.07, 6.45) is -0.566. The molecular weight excluding hydrogens is 496 g/mol. The van der Waals surface area contributed by atoms with Crippen molar-refractivity contribution in [2.45, 2.75) is 18.3 Å². The summed E-state index contributed by atoms with van der Waals surface area (Å²) in [6, 6.07) is 10.9. The average Bonchev–Trinajstić information content (AvgIpc) is 2.80. The number of thioether (sulfide) groups is 1. The predicted molar refractivity (Wildman–Crippen MR) is 112 cm³/mol. The number of rotatable bonds is 3. The van der Waals surface area contributed by atoms with Gasteiger partial charge in [-0.25, -0.2) is 0 Å². The first kappa shape index (κ1) is 18.5. The van der Waals surface area contributed by atoms with E-state index >= 15 is 0 Å². The number of phenolic OH excluding ortho intramolecular Hbond substituents is 1. The molecule has 3 aromatic rings. The van der Waals surface area contributed by atoms with Crippen LogP contribution in [0.4, 0.5) is 5.69 Å². The molecule has 0 spiro atoms. The summed E-state index contributed by atoms with van der Waals surface area (Å²) in [4.78, 5) is 4.55. The first-order valence-corrected chi connectivity index (χ1v) is 10.7. The monoisotopic (exact) mass is 508 g/mol. The highest BCUT2D eigenvalue weighted by Crippen LogP contribution is 2.42. The van der Waals surface area contributed by atoms with Crippen molar-refractivity contribution in [2.75, 3.05) is 11.1 Å². The molecule has 0 amide bonds. The summed E-state index contributed by atoms with van der Waals surface area (Å²) in [5, 5.41) is 22.4. The van der Waals surface area contributed by atoms with Gasteiger partial charge in [-0.2, -0.15) is 4.98 Å². The Bertz CT molecular complexity index is 1020. The van der Waals surface area contributed by atoms with Crippen LogP contribution in [0.3, 0.4) is 0 Å². The van der Waals surface area contributed by atoms with E-state index in [4.69, 9.17) is 4.74 Å². The number of aromatic nitrogens is 3. The zero-order chi connectivity index (χ0) is 19.0. The highest BCUT2D eigenvalue weighted by atomic mass is 79.9. The van der Waals surface area contributed by atoms with E-state index in [9.17, 15) is 5.11 Å². The SMILES string of the molecule is CCSc1nnc2c(n1)O[C@H](c1cc(O)ccc1Br)Nc1ccc(Br)cc1-2. The molecule has 0 saturated carbocycles. The number of phenols is 1. The molecule has 0 radical (unpaired) electrons. The van der Waals surface area contributed by atoms with Gasteiger partial charge in [-0.15, -0.1) is 10.2 Å². The first-order chi connectivity index (χ1) is 13.0. The van der Waals surface area contributed by atoms with Gasteiger partial charge in [-0.3, -0.25) is 0 Å². The van der Waals surface area contributed by atoms with E-state index < -0.39 is 6.23 Å². The summed E-state index contributed by atoms with van der Waals surface area (Å²) in [7, 11) is 0. The maximum Gasteiger partial charge on any atom is 0.247 e. The van der Waals surface area contributed by atoms with Crippen LogP contribution < -0.4 is 10.1 Å². The zero-order valence-corrected chi connectivity index (χ0v) is 18.1. The Morgan fingerprint density at radius 2 is 2.04 bits per heavy atom. The van der Waals surface area contributed by atoms with Crippen molar-refractivity contribution < 1.29 is 9.84 Å². The Morgan fingerprint density at radius 3 is 2.85 bits per heavy atom. The van der Waals surface area contributed by atoms with Crippen LogP contribution in [0, 0.1) is 0 Å². The molecule has 27 heavy (non-hydrogen) atoms. The lowest BCUT2D eigenvalue weighted by Crippen LogP contribution is -2.17. The number of benzene rings is 2. The molecule has 2 aromatic carbocycles. The summed E-state index contributed by atoms with van der Waals surface area (Å²) >= 11 is 8.54. The highest BCUT2D eigenvalue weighted by Gasteiger charge is 2.27. The van der Waals surface area contributed by atoms with Gasteiger partial charge >= 0.3 is 0 Å². The van der Waals surface area contributed by atoms with Gasteiger partial charge in [-0.05, 0) is 42.2 Å². The molecule has 1 aromatic heterocycles. The Labute approximate surface area is 177 Å². The molecule has 4 rings (SSSR count). The lowest BCUT2D eigenvalue weighted by Gasteiger charge is -2.20. The highest BCUT2D eigenvalue weighted by molar-refractivity contribution is 9.10. The van der Waals surface area contributed by atoms with E-state index in [2.05, 4.69) is 52.4 Å². The Hall–Kier alpha value is -1.84. The number of aromatic hydroxyl groups is 1. The van der Waals surface area contributed by atoms with Crippen molar-refractivity contribution in [1.82, 2.24) is 15.2 Å². The molecule has 138 valence electrons. The molecule has 0 aliphatic carbocycles. The molecule has 0 saturated heterocycles. The molecule has 1 aliphatic rings. The number of ether oxygens (including phenoxy) is 1. The van der Waals surface area contributed by atoms with E-state index in [0.29, 0.717) is 16.7 Å². The van der Waals surface area contributed by atoms with Crippen LogP contribution in [0.1, 0.15) is 18.7 Å². The second-order valence-corrected chi connectivity index (χ2v) is 8.72. The molecule has 0 bridgehead atoms. The fourth-order valence-electron chi connectivity index (χ4n) is 2.73. The van der Waals surface area contributed by atoms with Gasteiger partial charge in [0.25, 0.3) is 0 Å². The molecule has 0 fully saturated rings. The van der Waals surface area contributed by atoms with Gasteiger partial charge < -0.3 is 15.2 Å². The van der Waals surface area contributed by atoms with E-state index in [-0.39, 0.29) is 5.75 Å². The maximum absolute atomic E-state index is 9.93. The fourth-order valence-corrected chi connectivity index (χ4v) is 4.05. The van der Waals surface area contributed by atoms with Gasteiger partial charge in [0.05, 0.1) is 0 Å². The number of hydrogen-bond donors (Lipinski definition) is 2. The van der Waals surface area contributed by atoms with Crippen LogP contribution in [0.25, 0.3) is 11.3 Å². The lowest BCUT2D eigenvalue weighted by molar-refractivity contribution is 0.224. The lowest BCUT2D eigenvalue weighted by atomic mass is 10.1. The van der Waals surface area contributed by atoms with Crippen LogP contribution in [0.5, 0.6) is 11.6 Å². The molecule has 2 N–H and O–H groups in total. The summed E-state index contributed by atoms with van der Waals surface area (Å²) in [5.74, 6) is 1.38. The van der Waals surface area contributed by atoms with Crippen molar-refractivity contribution in [2.24, 2.45) is 0 Å². The van der Waals surface area contributed by atoms with Crippen molar-refractivity contribution in [1.29, 1.82) is 0 Å². The van der Waals surface area contributed by atoms with Crippen LogP contribution in [-0.4, -0.2) is 26.0 Å². The Morgan fingerprint density at radius 1 is 1.19 bits per heavy atom. The van der Waals surface area contributed by atoms with Gasteiger partial charge in [0.1, 0.15) is 5.75 Å². The summed E-state index contributed by atoms with van der Waals surface area (Å²) < 4.78 is 7.92. The van der Waals surface area contributed by atoms with Gasteiger partial charge in [0.2, 0.25) is 11.0 Å². The second kappa shape index (κ2) is 7.65. The van der Waals surface area contributed by atoms with Crippen molar-refractivity contribution in [3.8, 4) is 22.9 Å². The molecule has 1 atom stereocenters. The maximum atomic E-state index is 9.93. The van der Waals surface area contributed by atoms with Crippen molar-refractivity contribution in [3.63, 3.8) is 0 Å². The molecule has 9 heteroatoms. The standard InChI is InChI=1S/C18H14Br2N4O2S/c1-2-27-18-22-17-15(23-24-18)12-7-9(19)3-6-14(12)21-16(26-17)11-8-10(25)4-5-13(11)20/h3-8,16,21,25H,2H2,1H3/t16-/m1/s1. The van der Waals surface area contributed by atoms with Crippen molar-refractivity contribution >= 4 is 49.3 Å². The largest absolute Gasteiger partial charge is 0.508 e. The van der Waals surface area contributed by atoms with Crippen LogP contribution >= 0.6 is 43.6 Å².